The lowest BCUT2D eigenvalue weighted by Crippen LogP contribution is -2.33. The lowest BCUT2D eigenvalue weighted by Gasteiger charge is -2.10. The Morgan fingerprint density at radius 2 is 1.82 bits per heavy atom. The number of halogens is 1. The standard InChI is InChI=1S/C17H17BrN2O2/c1-11-7-8-12(2)15(9-11)20-16(21)10-19-17(22)13-5-3-4-6-14(13)18/h3-9H,10H2,1-2H3,(H,19,22)(H,20,21). The quantitative estimate of drug-likeness (QED) is 0.877. The van der Waals surface area contributed by atoms with Crippen LogP contribution in [0.3, 0.4) is 0 Å². The fraction of sp³-hybridized carbons (Fsp3) is 0.176. The molecule has 2 rings (SSSR count). The number of nitrogens with one attached hydrogen (secondary N) is 2. The zero-order valence-electron chi connectivity index (χ0n) is 12.4. The van der Waals surface area contributed by atoms with Crippen molar-refractivity contribution in [3.63, 3.8) is 0 Å². The summed E-state index contributed by atoms with van der Waals surface area (Å²) in [7, 11) is 0. The molecule has 0 spiro atoms. The molecule has 0 bridgehead atoms. The molecule has 0 fully saturated rings. The topological polar surface area (TPSA) is 58.2 Å². The van der Waals surface area contributed by atoms with Crippen molar-refractivity contribution < 1.29 is 9.59 Å². The van der Waals surface area contributed by atoms with Gasteiger partial charge in [-0.3, -0.25) is 9.59 Å². The highest BCUT2D eigenvalue weighted by atomic mass is 79.9. The zero-order chi connectivity index (χ0) is 16.1. The lowest BCUT2D eigenvalue weighted by molar-refractivity contribution is -0.115. The minimum absolute atomic E-state index is 0.0758. The van der Waals surface area contributed by atoms with Gasteiger partial charge in [-0.1, -0.05) is 24.3 Å². The fourth-order valence-electron chi connectivity index (χ4n) is 1.97. The summed E-state index contributed by atoms with van der Waals surface area (Å²) in [5, 5.41) is 5.42. The van der Waals surface area contributed by atoms with Gasteiger partial charge in [-0.25, -0.2) is 0 Å². The molecule has 0 atom stereocenters. The predicted octanol–water partition coefficient (Wildman–Crippen LogP) is 3.43. The molecule has 22 heavy (non-hydrogen) atoms. The van der Waals surface area contributed by atoms with Gasteiger partial charge in [-0.15, -0.1) is 0 Å². The van der Waals surface area contributed by atoms with Crippen LogP contribution in [0, 0.1) is 13.8 Å². The molecule has 5 heteroatoms. The van der Waals surface area contributed by atoms with Crippen LogP contribution in [0.5, 0.6) is 0 Å². The van der Waals surface area contributed by atoms with Crippen LogP contribution >= 0.6 is 15.9 Å². The van der Waals surface area contributed by atoms with Gasteiger partial charge in [0.05, 0.1) is 12.1 Å². The smallest absolute Gasteiger partial charge is 0.252 e. The summed E-state index contributed by atoms with van der Waals surface area (Å²) in [5.74, 6) is -0.544. The van der Waals surface area contributed by atoms with Gasteiger partial charge in [0.2, 0.25) is 5.91 Å². The van der Waals surface area contributed by atoms with Crippen LogP contribution < -0.4 is 10.6 Å². The van der Waals surface area contributed by atoms with E-state index >= 15 is 0 Å². The van der Waals surface area contributed by atoms with Crippen LogP contribution in [0.15, 0.2) is 46.9 Å². The molecule has 0 saturated carbocycles. The van der Waals surface area contributed by atoms with E-state index < -0.39 is 0 Å². The summed E-state index contributed by atoms with van der Waals surface area (Å²) in [4.78, 5) is 24.0. The Bertz CT molecular complexity index is 714. The molecule has 2 aromatic carbocycles. The van der Waals surface area contributed by atoms with Crippen LogP contribution in [0.2, 0.25) is 0 Å². The molecule has 0 aliphatic heterocycles. The molecule has 0 aliphatic carbocycles. The summed E-state index contributed by atoms with van der Waals surface area (Å²) in [5.41, 5.74) is 3.32. The average Bonchev–Trinajstić information content (AvgIpc) is 2.49. The molecular weight excluding hydrogens is 344 g/mol. The maximum Gasteiger partial charge on any atom is 0.252 e. The third-order valence-corrected chi connectivity index (χ3v) is 3.89. The highest BCUT2D eigenvalue weighted by Gasteiger charge is 2.11. The van der Waals surface area contributed by atoms with Gasteiger partial charge in [0, 0.05) is 10.2 Å². The number of rotatable bonds is 4. The van der Waals surface area contributed by atoms with E-state index in [1.54, 1.807) is 18.2 Å². The zero-order valence-corrected chi connectivity index (χ0v) is 14.0. The summed E-state index contributed by atoms with van der Waals surface area (Å²) in [6.45, 7) is 3.81. The Kier molecular flexibility index (Phi) is 5.33. The van der Waals surface area contributed by atoms with Crippen molar-refractivity contribution in [1.29, 1.82) is 0 Å². The van der Waals surface area contributed by atoms with Gasteiger partial charge in [-0.2, -0.15) is 0 Å². The highest BCUT2D eigenvalue weighted by molar-refractivity contribution is 9.10. The first kappa shape index (κ1) is 16.2. The number of carbonyl (C=O) groups is 2. The number of hydrogen-bond donors (Lipinski definition) is 2. The van der Waals surface area contributed by atoms with E-state index in [-0.39, 0.29) is 18.4 Å². The third-order valence-electron chi connectivity index (χ3n) is 3.20. The minimum Gasteiger partial charge on any atom is -0.343 e. The van der Waals surface area contributed by atoms with Crippen molar-refractivity contribution in [1.82, 2.24) is 5.32 Å². The largest absolute Gasteiger partial charge is 0.343 e. The van der Waals surface area contributed by atoms with Crippen molar-refractivity contribution in [2.24, 2.45) is 0 Å². The SMILES string of the molecule is Cc1ccc(C)c(NC(=O)CNC(=O)c2ccccc2Br)c1. The number of carbonyl (C=O) groups excluding carboxylic acids is 2. The summed E-state index contributed by atoms with van der Waals surface area (Å²) >= 11 is 3.31. The maximum absolute atomic E-state index is 12.0. The third kappa shape index (κ3) is 4.18. The molecule has 0 aromatic heterocycles. The van der Waals surface area contributed by atoms with Crippen LogP contribution in [0.25, 0.3) is 0 Å². The van der Waals surface area contributed by atoms with Gasteiger partial charge in [-0.05, 0) is 59.1 Å². The Balaban J connectivity index is 1.94. The Labute approximate surface area is 138 Å². The van der Waals surface area contributed by atoms with E-state index in [4.69, 9.17) is 0 Å². The molecule has 2 N–H and O–H groups in total. The first-order chi connectivity index (χ1) is 10.5. The van der Waals surface area contributed by atoms with E-state index in [1.807, 2.05) is 38.1 Å². The van der Waals surface area contributed by atoms with Gasteiger partial charge in [0.25, 0.3) is 5.91 Å². The van der Waals surface area contributed by atoms with E-state index in [1.165, 1.54) is 0 Å². The number of hydrogen-bond acceptors (Lipinski definition) is 2. The number of benzene rings is 2. The van der Waals surface area contributed by atoms with Crippen molar-refractivity contribution in [2.45, 2.75) is 13.8 Å². The molecule has 2 aromatic rings. The van der Waals surface area contributed by atoms with E-state index in [2.05, 4.69) is 26.6 Å². The molecule has 0 aliphatic rings. The van der Waals surface area contributed by atoms with Gasteiger partial charge >= 0.3 is 0 Å². The molecule has 4 nitrogen and oxygen atoms in total. The Morgan fingerprint density at radius 3 is 2.55 bits per heavy atom. The van der Waals surface area contributed by atoms with Crippen molar-refractivity contribution in [3.05, 3.63) is 63.6 Å². The summed E-state index contributed by atoms with van der Waals surface area (Å²) < 4.78 is 0.697. The molecule has 0 unspecified atom stereocenters. The van der Waals surface area contributed by atoms with Crippen LogP contribution in [-0.2, 0) is 4.79 Å². The average molecular weight is 361 g/mol. The normalized spacial score (nSPS) is 10.1. The van der Waals surface area contributed by atoms with E-state index in [0.29, 0.717) is 10.0 Å². The minimum atomic E-state index is -0.288. The van der Waals surface area contributed by atoms with Gasteiger partial charge in [0.15, 0.2) is 0 Å². The first-order valence-corrected chi connectivity index (χ1v) is 7.66. The second-order valence-corrected chi connectivity index (χ2v) is 5.88. The second-order valence-electron chi connectivity index (χ2n) is 5.03. The van der Waals surface area contributed by atoms with Crippen LogP contribution in [0.4, 0.5) is 5.69 Å². The molecule has 0 radical (unpaired) electrons. The van der Waals surface area contributed by atoms with Crippen molar-refractivity contribution >= 4 is 33.4 Å². The number of anilines is 1. The lowest BCUT2D eigenvalue weighted by atomic mass is 10.1. The van der Waals surface area contributed by atoms with Crippen molar-refractivity contribution in [3.8, 4) is 0 Å². The molecule has 114 valence electrons. The summed E-state index contributed by atoms with van der Waals surface area (Å²) in [6.07, 6.45) is 0. The Morgan fingerprint density at radius 1 is 1.09 bits per heavy atom. The van der Waals surface area contributed by atoms with Gasteiger partial charge < -0.3 is 10.6 Å². The van der Waals surface area contributed by atoms with E-state index in [9.17, 15) is 9.59 Å². The molecule has 0 saturated heterocycles. The van der Waals surface area contributed by atoms with Crippen LogP contribution in [-0.4, -0.2) is 18.4 Å². The molecule has 2 amide bonds. The van der Waals surface area contributed by atoms with E-state index in [0.717, 1.165) is 16.8 Å². The first-order valence-electron chi connectivity index (χ1n) is 6.87. The fourth-order valence-corrected chi connectivity index (χ4v) is 2.43. The molecular formula is C17H17BrN2O2. The highest BCUT2D eigenvalue weighted by Crippen LogP contribution is 2.17. The second kappa shape index (κ2) is 7.22. The maximum atomic E-state index is 12.0. The Hall–Kier alpha value is -2.14. The monoisotopic (exact) mass is 360 g/mol. The van der Waals surface area contributed by atoms with Crippen LogP contribution in [0.1, 0.15) is 21.5 Å². The number of amides is 2. The van der Waals surface area contributed by atoms with Gasteiger partial charge in [0.1, 0.15) is 0 Å². The summed E-state index contributed by atoms with van der Waals surface area (Å²) in [6, 6.07) is 12.9. The van der Waals surface area contributed by atoms with Crippen molar-refractivity contribution in [2.75, 3.05) is 11.9 Å². The number of aryl methyl sites for hydroxylation is 2. The molecule has 0 heterocycles. The predicted molar refractivity (Wildman–Crippen MR) is 91.0 cm³/mol.